The maximum Gasteiger partial charge on any atom is 0.417 e. The van der Waals surface area contributed by atoms with Gasteiger partial charge in [-0.3, -0.25) is 0 Å². The highest BCUT2D eigenvalue weighted by Crippen LogP contribution is 2.40. The van der Waals surface area contributed by atoms with E-state index in [-0.39, 0.29) is 5.56 Å². The molecule has 1 aromatic heterocycles. The van der Waals surface area contributed by atoms with Crippen molar-refractivity contribution in [2.24, 2.45) is 0 Å². The van der Waals surface area contributed by atoms with Gasteiger partial charge >= 0.3 is 12.1 Å². The second-order valence-electron chi connectivity index (χ2n) is 4.06. The lowest BCUT2D eigenvalue weighted by Crippen LogP contribution is -2.06. The van der Waals surface area contributed by atoms with Crippen molar-refractivity contribution in [1.29, 1.82) is 0 Å². The molecule has 0 atom stereocenters. The Bertz CT molecular complexity index is 704. The molecular formula is C14H8BrF3O2S. The molecule has 110 valence electrons. The molecule has 1 N–H and O–H groups in total. The number of alkyl halides is 3. The molecule has 2 rings (SSSR count). The summed E-state index contributed by atoms with van der Waals surface area (Å²) in [4.78, 5) is 11.4. The predicted molar refractivity (Wildman–Crippen MR) is 79.1 cm³/mol. The van der Waals surface area contributed by atoms with Crippen LogP contribution in [0.3, 0.4) is 0 Å². The summed E-state index contributed by atoms with van der Waals surface area (Å²) in [6.45, 7) is 0. The number of carboxylic acids is 1. The van der Waals surface area contributed by atoms with E-state index in [1.165, 1.54) is 18.2 Å². The molecule has 2 nitrogen and oxygen atoms in total. The van der Waals surface area contributed by atoms with Crippen molar-refractivity contribution >= 4 is 39.3 Å². The van der Waals surface area contributed by atoms with Crippen LogP contribution in [0.2, 0.25) is 0 Å². The summed E-state index contributed by atoms with van der Waals surface area (Å²) < 4.78 is 39.5. The zero-order valence-corrected chi connectivity index (χ0v) is 12.7. The molecule has 0 bridgehead atoms. The molecule has 0 saturated carbocycles. The van der Waals surface area contributed by atoms with Crippen LogP contribution in [0.5, 0.6) is 0 Å². The van der Waals surface area contributed by atoms with Crippen molar-refractivity contribution < 1.29 is 23.1 Å². The first kappa shape index (κ1) is 15.8. The summed E-state index contributed by atoms with van der Waals surface area (Å²) in [6, 6.07) is 7.09. The largest absolute Gasteiger partial charge is 0.478 e. The number of hydrogen-bond donors (Lipinski definition) is 1. The number of halogens is 4. The van der Waals surface area contributed by atoms with Crippen molar-refractivity contribution in [3.8, 4) is 10.4 Å². The Kier molecular flexibility index (Phi) is 4.53. The van der Waals surface area contributed by atoms with Crippen LogP contribution in [0.15, 0.2) is 40.9 Å². The van der Waals surface area contributed by atoms with Gasteiger partial charge in [-0.05, 0) is 30.3 Å². The molecule has 0 fully saturated rings. The average molecular weight is 377 g/mol. The van der Waals surface area contributed by atoms with Crippen LogP contribution >= 0.6 is 27.3 Å². The molecule has 2 aromatic rings. The minimum absolute atomic E-state index is 0.0747. The van der Waals surface area contributed by atoms with Crippen LogP contribution in [0, 0.1) is 0 Å². The zero-order valence-electron chi connectivity index (χ0n) is 10.3. The number of rotatable bonds is 3. The normalized spacial score (nSPS) is 12.0. The van der Waals surface area contributed by atoms with E-state index >= 15 is 0 Å². The Morgan fingerprint density at radius 3 is 2.57 bits per heavy atom. The molecule has 0 aliphatic heterocycles. The van der Waals surface area contributed by atoms with Crippen molar-refractivity contribution in [3.05, 3.63) is 51.3 Å². The fourth-order valence-corrected chi connectivity index (χ4v) is 3.02. The third kappa shape index (κ3) is 3.95. The molecule has 21 heavy (non-hydrogen) atoms. The minimum Gasteiger partial charge on any atom is -0.478 e. The van der Waals surface area contributed by atoms with Crippen LogP contribution in [0.4, 0.5) is 13.2 Å². The fourth-order valence-electron chi connectivity index (χ4n) is 1.71. The fraction of sp³-hybridized carbons (Fsp3) is 0.0714. The second kappa shape index (κ2) is 6.03. The Morgan fingerprint density at radius 2 is 1.95 bits per heavy atom. The van der Waals surface area contributed by atoms with Gasteiger partial charge in [-0.25, -0.2) is 4.79 Å². The van der Waals surface area contributed by atoms with E-state index in [4.69, 9.17) is 5.11 Å². The zero-order chi connectivity index (χ0) is 15.6. The average Bonchev–Trinajstić information content (AvgIpc) is 2.84. The van der Waals surface area contributed by atoms with Gasteiger partial charge in [0, 0.05) is 25.9 Å². The Hall–Kier alpha value is -1.60. The van der Waals surface area contributed by atoms with Gasteiger partial charge in [-0.2, -0.15) is 13.2 Å². The van der Waals surface area contributed by atoms with Crippen molar-refractivity contribution in [2.75, 3.05) is 0 Å². The Balaban J connectivity index is 2.45. The Morgan fingerprint density at radius 1 is 1.24 bits per heavy atom. The molecular weight excluding hydrogens is 369 g/mol. The molecule has 0 radical (unpaired) electrons. The first-order valence-electron chi connectivity index (χ1n) is 5.65. The molecule has 0 aliphatic carbocycles. The molecule has 7 heteroatoms. The van der Waals surface area contributed by atoms with Crippen LogP contribution in [-0.2, 0) is 11.0 Å². The van der Waals surface area contributed by atoms with E-state index in [2.05, 4.69) is 15.9 Å². The number of benzene rings is 1. The minimum atomic E-state index is -4.46. The second-order valence-corrected chi connectivity index (χ2v) is 6.09. The van der Waals surface area contributed by atoms with Gasteiger partial charge in [0.1, 0.15) is 0 Å². The molecule has 1 aromatic carbocycles. The molecule has 0 saturated heterocycles. The summed E-state index contributed by atoms with van der Waals surface area (Å²) >= 11 is 4.13. The SMILES string of the molecule is O=C(O)/C=C/c1ccc(-c2ccc(Br)cc2C(F)(F)F)s1. The van der Waals surface area contributed by atoms with Gasteiger partial charge in [0.25, 0.3) is 0 Å². The van der Waals surface area contributed by atoms with Gasteiger partial charge in [0.05, 0.1) is 5.56 Å². The summed E-state index contributed by atoms with van der Waals surface area (Å²) in [5.74, 6) is -1.11. The molecule has 1 heterocycles. The standard InChI is InChI=1S/C14H8BrF3O2S/c15-8-1-4-10(11(7-8)14(16,17)18)12-5-2-9(21-12)3-6-13(19)20/h1-7H,(H,19,20)/b6-3+. The van der Waals surface area contributed by atoms with E-state index in [1.807, 2.05) is 0 Å². The third-order valence-corrected chi connectivity index (χ3v) is 4.15. The highest BCUT2D eigenvalue weighted by atomic mass is 79.9. The van der Waals surface area contributed by atoms with Crippen LogP contribution in [0.25, 0.3) is 16.5 Å². The molecule has 0 unspecified atom stereocenters. The summed E-state index contributed by atoms with van der Waals surface area (Å²) in [6.07, 6.45) is -2.16. The smallest absolute Gasteiger partial charge is 0.417 e. The quantitative estimate of drug-likeness (QED) is 0.738. The maximum absolute atomic E-state index is 13.1. The highest BCUT2D eigenvalue weighted by molar-refractivity contribution is 9.10. The summed E-state index contributed by atoms with van der Waals surface area (Å²) in [5.41, 5.74) is -0.654. The van der Waals surface area contributed by atoms with Gasteiger partial charge in [0.2, 0.25) is 0 Å². The topological polar surface area (TPSA) is 37.3 Å². The van der Waals surface area contributed by atoms with Crippen LogP contribution < -0.4 is 0 Å². The van der Waals surface area contributed by atoms with Crippen LogP contribution in [0.1, 0.15) is 10.4 Å². The van der Waals surface area contributed by atoms with E-state index in [0.717, 1.165) is 23.5 Å². The van der Waals surface area contributed by atoms with Gasteiger partial charge in [-0.1, -0.05) is 22.0 Å². The van der Waals surface area contributed by atoms with Gasteiger partial charge < -0.3 is 5.11 Å². The van der Waals surface area contributed by atoms with Crippen LogP contribution in [-0.4, -0.2) is 11.1 Å². The predicted octanol–water partition coefficient (Wildman–Crippen LogP) is 5.29. The van der Waals surface area contributed by atoms with E-state index < -0.39 is 17.7 Å². The maximum atomic E-state index is 13.1. The van der Waals surface area contributed by atoms with Gasteiger partial charge in [0.15, 0.2) is 0 Å². The monoisotopic (exact) mass is 376 g/mol. The molecule has 0 aliphatic rings. The van der Waals surface area contributed by atoms with E-state index in [9.17, 15) is 18.0 Å². The number of aliphatic carboxylic acids is 1. The summed E-state index contributed by atoms with van der Waals surface area (Å²) in [7, 11) is 0. The third-order valence-electron chi connectivity index (χ3n) is 2.57. The Labute approximate surface area is 130 Å². The number of carbonyl (C=O) groups is 1. The molecule has 0 spiro atoms. The number of hydrogen-bond acceptors (Lipinski definition) is 2. The van der Waals surface area contributed by atoms with Gasteiger partial charge in [-0.15, -0.1) is 11.3 Å². The summed E-state index contributed by atoms with van der Waals surface area (Å²) in [5, 5.41) is 8.54. The molecule has 0 amide bonds. The first-order chi connectivity index (χ1) is 9.77. The number of thiophene rings is 1. The lowest BCUT2D eigenvalue weighted by molar-refractivity contribution is -0.137. The number of carboxylic acid groups (broad SMARTS) is 1. The van der Waals surface area contributed by atoms with Crippen molar-refractivity contribution in [1.82, 2.24) is 0 Å². The lowest BCUT2D eigenvalue weighted by Gasteiger charge is -2.12. The highest BCUT2D eigenvalue weighted by Gasteiger charge is 2.34. The lowest BCUT2D eigenvalue weighted by atomic mass is 10.1. The van der Waals surface area contributed by atoms with Crippen molar-refractivity contribution in [3.63, 3.8) is 0 Å². The van der Waals surface area contributed by atoms with Crippen molar-refractivity contribution in [2.45, 2.75) is 6.18 Å². The van der Waals surface area contributed by atoms with E-state index in [1.54, 1.807) is 12.1 Å². The first-order valence-corrected chi connectivity index (χ1v) is 7.26. The van der Waals surface area contributed by atoms with E-state index in [0.29, 0.717) is 14.2 Å².